The molecule has 5 heteroatoms. The van der Waals surface area contributed by atoms with E-state index in [1.165, 1.54) is 0 Å². The van der Waals surface area contributed by atoms with E-state index in [0.29, 0.717) is 5.62 Å². The summed E-state index contributed by atoms with van der Waals surface area (Å²) in [6.45, 7) is 0. The third-order valence-electron chi connectivity index (χ3n) is 0.0430. The molecule has 0 N–H and O–H groups in total. The van der Waals surface area contributed by atoms with Crippen LogP contribution in [0.3, 0.4) is 0 Å². The molecule has 0 aliphatic rings. The van der Waals surface area contributed by atoms with Gasteiger partial charge in [-0.05, 0) is 10.8 Å². The van der Waals surface area contributed by atoms with Crippen LogP contribution < -0.4 is 0 Å². The molecule has 1 nitrogen and oxygen atoms in total. The fraction of sp³-hybridized carbons (Fsp3) is 0. The first-order valence-corrected chi connectivity index (χ1v) is 2.59. The van der Waals surface area contributed by atoms with Crippen molar-refractivity contribution in [1.29, 1.82) is 0 Å². The maximum absolute atomic E-state index is 9.06. The first-order valence-electron chi connectivity index (χ1n) is 0.654. The van der Waals surface area contributed by atoms with E-state index < -0.39 is 0 Å². The summed E-state index contributed by atoms with van der Waals surface area (Å²) >= 11 is 3.47. The van der Waals surface area contributed by atoms with Crippen molar-refractivity contribution in [3.8, 4) is 0 Å². The predicted molar refractivity (Wildman–Crippen MR) is 37.6 cm³/mol. The van der Waals surface area contributed by atoms with Crippen molar-refractivity contribution in [1.82, 2.24) is 0 Å². The Bertz CT molecular complexity index is 25.5. The second-order valence-electron chi connectivity index (χ2n) is 0.202. The molecule has 28 valence electrons. The van der Waals surface area contributed by atoms with E-state index >= 15 is 0 Å². The summed E-state index contributed by atoms with van der Waals surface area (Å²) in [5.74, 6) is 0. The molecule has 0 aliphatic carbocycles. The first-order chi connectivity index (χ1) is 1.91. The van der Waals surface area contributed by atoms with Gasteiger partial charge in [0.05, 0.1) is 0 Å². The summed E-state index contributed by atoms with van der Waals surface area (Å²) in [6.07, 6.45) is 0. The van der Waals surface area contributed by atoms with Gasteiger partial charge < -0.3 is 0 Å². The Kier molecular flexibility index (Phi) is 43.1. The van der Waals surface area contributed by atoms with Gasteiger partial charge in [0.2, 0.25) is 0 Å². The molecular weight excluding hydrogens is 170 g/mol. The monoisotopic (exact) mass is 174 g/mol. The Morgan fingerprint density at radius 2 is 1.67 bits per heavy atom. The number of carbonyl (C=O) groups excluding carboxylic acids is 1. The van der Waals surface area contributed by atoms with Crippen molar-refractivity contribution in [2.24, 2.45) is 0 Å². The molecule has 0 amide bonds. The molecule has 0 atom stereocenters. The number of hydrogen-bond acceptors (Lipinski definition) is 3. The average Bonchev–Trinajstić information content (AvgIpc) is 1.37. The van der Waals surface area contributed by atoms with Crippen LogP contribution in [0.5, 0.6) is 0 Å². The van der Waals surface area contributed by atoms with Gasteiger partial charge in [-0.1, -0.05) is 0 Å². The van der Waals surface area contributed by atoms with Gasteiger partial charge in [0, 0.05) is 0 Å². The van der Waals surface area contributed by atoms with E-state index in [9.17, 15) is 0 Å². The molecule has 0 aromatic heterocycles. The second kappa shape index (κ2) is 15.9. The molecule has 0 spiro atoms. The zero-order valence-electron chi connectivity index (χ0n) is 1.84. The van der Waals surface area contributed by atoms with E-state index in [1.54, 1.807) is 0 Å². The van der Waals surface area contributed by atoms with Gasteiger partial charge in [0.1, 0.15) is 0 Å². The van der Waals surface area contributed by atoms with Crippen LogP contribution in [0.2, 0.25) is 0 Å². The summed E-state index contributed by atoms with van der Waals surface area (Å²) in [7, 11) is 0.870. The molecule has 0 aromatic carbocycles. The zero-order chi connectivity index (χ0) is 3.41. The molecule has 0 heterocycles. The van der Waals surface area contributed by atoms with Crippen LogP contribution in [0, 0.1) is 0 Å². The first kappa shape index (κ1) is 16.3. The summed E-state index contributed by atoms with van der Waals surface area (Å²) < 4.78 is 0. The van der Waals surface area contributed by atoms with Crippen molar-refractivity contribution in [3.05, 3.63) is 0 Å². The van der Waals surface area contributed by atoms with Crippen LogP contribution in [0.25, 0.3) is 0 Å². The maximum atomic E-state index is 9.06. The summed E-state index contributed by atoms with van der Waals surface area (Å²) in [4.78, 5) is 9.06. The van der Waals surface area contributed by atoms with E-state index in [2.05, 4.69) is 11.7 Å². The van der Waals surface area contributed by atoms with E-state index in [1.807, 2.05) is 0 Å². The second-order valence-corrected chi connectivity index (χ2v) is 1.24. The Hall–Kier alpha value is 3.64. The number of carbonyl (C=O) groups is 1. The summed E-state index contributed by atoms with van der Waals surface area (Å²) in [5.41, 5.74) is 0.656. The van der Waals surface area contributed by atoms with Gasteiger partial charge in [-0.15, -0.1) is 11.7 Å². The van der Waals surface area contributed by atoms with Gasteiger partial charge in [-0.25, -0.2) is 0 Å². The van der Waals surface area contributed by atoms with Crippen LogP contribution in [0.4, 0.5) is 0 Å². The Labute approximate surface area is 131 Å². The van der Waals surface area contributed by atoms with Crippen LogP contribution in [0.1, 0.15) is 0 Å². The van der Waals surface area contributed by atoms with Crippen LogP contribution in [0.15, 0.2) is 0 Å². The third-order valence-corrected chi connectivity index (χ3v) is 0.387. The van der Waals surface area contributed by atoms with Crippen molar-refractivity contribution in [2.75, 3.05) is 0 Å². The van der Waals surface area contributed by atoms with Gasteiger partial charge in [-0.2, -0.15) is 0 Å². The van der Waals surface area contributed by atoms with Crippen molar-refractivity contribution in [3.63, 3.8) is 0 Å². The molecule has 0 aliphatic heterocycles. The molecular formula is CH4K2OS2. The van der Waals surface area contributed by atoms with Gasteiger partial charge in [-0.3, -0.25) is 4.79 Å². The molecule has 6 heavy (non-hydrogen) atoms. The summed E-state index contributed by atoms with van der Waals surface area (Å²) in [5, 5.41) is 0. The van der Waals surface area contributed by atoms with Crippen LogP contribution in [-0.2, 0) is 4.79 Å². The molecule has 0 radical (unpaired) electrons. The average molecular weight is 174 g/mol. The molecule has 0 aromatic rings. The van der Waals surface area contributed by atoms with Gasteiger partial charge in [0.15, 0.2) is 5.62 Å². The van der Waals surface area contributed by atoms with Crippen molar-refractivity contribution < 1.29 is 4.79 Å². The minimum atomic E-state index is 0. The standard InChI is InChI=1S/CH2OS2.2K.2H/c2-1-4-3;;;;/h1,3H;;;;. The molecule has 0 rings (SSSR count). The number of thiol groups is 1. The third kappa shape index (κ3) is 15.6. The predicted octanol–water partition coefficient (Wildman–Crippen LogP) is -0.542. The molecule has 0 unspecified atom stereocenters. The van der Waals surface area contributed by atoms with Gasteiger partial charge in [0.25, 0.3) is 0 Å². The van der Waals surface area contributed by atoms with Crippen LogP contribution >= 0.6 is 22.5 Å². The van der Waals surface area contributed by atoms with Crippen molar-refractivity contribution in [2.45, 2.75) is 0 Å². The minimum absolute atomic E-state index is 0. The van der Waals surface area contributed by atoms with E-state index in [0.717, 1.165) is 10.8 Å². The normalized spacial score (nSPS) is 4.17. The molecule has 0 fully saturated rings. The zero-order valence-corrected chi connectivity index (χ0v) is 3.55. The van der Waals surface area contributed by atoms with Crippen molar-refractivity contribution >= 4 is 131 Å². The number of rotatable bonds is 1. The fourth-order valence-electron chi connectivity index (χ4n) is 0. The van der Waals surface area contributed by atoms with E-state index in [4.69, 9.17) is 4.79 Å². The van der Waals surface area contributed by atoms with E-state index in [-0.39, 0.29) is 103 Å². The quantitative estimate of drug-likeness (QED) is 0.249. The fourth-order valence-corrected chi connectivity index (χ4v) is 0. The molecule has 0 saturated carbocycles. The number of hydrogen-bond donors (Lipinski definition) is 1. The Balaban J connectivity index is -0.0000000450. The van der Waals surface area contributed by atoms with Gasteiger partial charge >= 0.3 is 103 Å². The van der Waals surface area contributed by atoms with Crippen LogP contribution in [-0.4, -0.2) is 108 Å². The Morgan fingerprint density at radius 3 is 1.67 bits per heavy atom. The SMILES string of the molecule is O=CSS.[KH].[KH]. The topological polar surface area (TPSA) is 17.1 Å². The Morgan fingerprint density at radius 1 is 1.50 bits per heavy atom. The summed E-state index contributed by atoms with van der Waals surface area (Å²) in [6, 6.07) is 0. The molecule has 0 saturated heterocycles. The molecule has 0 bridgehead atoms.